The van der Waals surface area contributed by atoms with Crippen molar-refractivity contribution >= 4 is 25.0 Å². The number of rotatable bonds is 20. The maximum absolute atomic E-state index is 12.0. The van der Waals surface area contributed by atoms with E-state index in [0.717, 1.165) is 18.9 Å². The van der Waals surface area contributed by atoms with Gasteiger partial charge in [-0.25, -0.2) is 4.39 Å². The van der Waals surface area contributed by atoms with Crippen LogP contribution in [0.15, 0.2) is 0 Å². The summed E-state index contributed by atoms with van der Waals surface area (Å²) in [5, 5.41) is 0. The van der Waals surface area contributed by atoms with Crippen molar-refractivity contribution in [1.82, 2.24) is 0 Å². The van der Waals surface area contributed by atoms with E-state index in [1.54, 1.807) is 21.3 Å². The first-order valence-corrected chi connectivity index (χ1v) is 20.2. The summed E-state index contributed by atoms with van der Waals surface area (Å²) >= 11 is 0. The monoisotopic (exact) mass is 468 g/mol. The summed E-state index contributed by atoms with van der Waals surface area (Å²) in [7, 11) is 0.464. The minimum atomic E-state index is -2.37. The summed E-state index contributed by atoms with van der Waals surface area (Å²) in [5.41, 5.74) is 0. The second-order valence-corrected chi connectivity index (χ2v) is 23.6. The van der Waals surface area contributed by atoms with Crippen LogP contribution in [-0.4, -0.2) is 59.7 Å². The third-order valence-corrected chi connectivity index (χ3v) is 16.2. The average Bonchev–Trinajstić information content (AvgIpc) is 2.69. The Morgan fingerprint density at radius 2 is 0.966 bits per heavy atom. The Balaban J connectivity index is 3.84. The van der Waals surface area contributed by atoms with Crippen LogP contribution in [0.5, 0.6) is 0 Å². The van der Waals surface area contributed by atoms with Gasteiger partial charge in [0.2, 0.25) is 0 Å². The van der Waals surface area contributed by atoms with Crippen LogP contribution in [0.25, 0.3) is 0 Å². The first-order chi connectivity index (χ1) is 13.7. The Labute approximate surface area is 183 Å². The van der Waals surface area contributed by atoms with Crippen LogP contribution in [0, 0.1) is 0 Å². The minimum absolute atomic E-state index is 0.583. The highest BCUT2D eigenvalue weighted by atomic mass is 28.4. The van der Waals surface area contributed by atoms with Gasteiger partial charge in [0.25, 0.3) is 0 Å². The molecule has 0 aromatic rings. The van der Waals surface area contributed by atoms with E-state index >= 15 is 0 Å². The van der Waals surface area contributed by atoms with Crippen molar-refractivity contribution in [2.75, 3.05) is 34.8 Å². The number of hydrogen-bond acceptors (Lipinski definition) is 4. The highest BCUT2D eigenvalue weighted by molar-refractivity contribution is 6.82. The Kier molecular flexibility index (Phi) is 16.3. The SMILES string of the molecule is CO[Si](CCCCCCCC[Si](C)(C)CC[Si](C)(C)CCCOCF)(OC)OC. The van der Waals surface area contributed by atoms with E-state index in [9.17, 15) is 4.39 Å². The standard InChI is InChI=1S/C21H49FO4Si3/c1-23-29(24-2,25-3)18-13-11-9-8-10-12-16-27(4,5)19-20-28(6,7)17-14-15-26-21-22/h8-21H2,1-7H3. The predicted molar refractivity (Wildman–Crippen MR) is 130 cm³/mol. The van der Waals surface area contributed by atoms with Gasteiger partial charge in [-0.3, -0.25) is 0 Å². The van der Waals surface area contributed by atoms with Gasteiger partial charge in [0, 0.05) is 50.1 Å². The highest BCUT2D eigenvalue weighted by Crippen LogP contribution is 2.28. The molecule has 0 saturated heterocycles. The van der Waals surface area contributed by atoms with Crippen molar-refractivity contribution < 1.29 is 22.4 Å². The highest BCUT2D eigenvalue weighted by Gasteiger charge is 2.36. The van der Waals surface area contributed by atoms with Gasteiger partial charge >= 0.3 is 8.80 Å². The average molecular weight is 469 g/mol. The van der Waals surface area contributed by atoms with Crippen LogP contribution in [0.3, 0.4) is 0 Å². The Bertz CT molecular complexity index is 386. The Morgan fingerprint density at radius 1 is 0.552 bits per heavy atom. The third-order valence-electron chi connectivity index (χ3n) is 6.22. The summed E-state index contributed by atoms with van der Waals surface area (Å²) in [5.74, 6) is 0. The van der Waals surface area contributed by atoms with Gasteiger partial charge < -0.3 is 18.0 Å². The fourth-order valence-corrected chi connectivity index (χ4v) is 13.9. The van der Waals surface area contributed by atoms with Crippen LogP contribution in [-0.2, 0) is 18.0 Å². The lowest BCUT2D eigenvalue weighted by Crippen LogP contribution is -2.42. The molecule has 0 amide bonds. The molecule has 0 fully saturated rings. The third kappa shape index (κ3) is 15.0. The van der Waals surface area contributed by atoms with Gasteiger partial charge in [0.1, 0.15) is 0 Å². The maximum Gasteiger partial charge on any atom is 0.500 e. The summed E-state index contributed by atoms with van der Waals surface area (Å²) in [4.78, 5) is 0. The predicted octanol–water partition coefficient (Wildman–Crippen LogP) is 6.96. The summed E-state index contributed by atoms with van der Waals surface area (Å²) in [6.45, 7) is 10.0. The number of alkyl halides is 1. The number of ether oxygens (including phenoxy) is 1. The number of unbranched alkanes of at least 4 members (excludes halogenated alkanes) is 5. The lowest BCUT2D eigenvalue weighted by molar-refractivity contribution is 0.0583. The number of halogens is 1. The molecular weight excluding hydrogens is 419 g/mol. The summed E-state index contributed by atoms with van der Waals surface area (Å²) < 4.78 is 33.3. The summed E-state index contributed by atoms with van der Waals surface area (Å²) in [6, 6.07) is 6.50. The van der Waals surface area contributed by atoms with Crippen LogP contribution < -0.4 is 0 Å². The van der Waals surface area contributed by atoms with E-state index in [4.69, 9.17) is 18.0 Å². The van der Waals surface area contributed by atoms with E-state index < -0.39 is 31.8 Å². The normalized spacial score (nSPS) is 13.2. The molecule has 0 spiro atoms. The van der Waals surface area contributed by atoms with Crippen molar-refractivity contribution in [3.05, 3.63) is 0 Å². The molecule has 0 aliphatic carbocycles. The van der Waals surface area contributed by atoms with Crippen LogP contribution in [0.1, 0.15) is 44.9 Å². The van der Waals surface area contributed by atoms with Crippen molar-refractivity contribution in [3.63, 3.8) is 0 Å². The molecule has 4 nitrogen and oxygen atoms in total. The van der Waals surface area contributed by atoms with Crippen LogP contribution in [0.2, 0.25) is 56.4 Å². The maximum atomic E-state index is 12.0. The molecule has 0 radical (unpaired) electrons. The molecule has 0 heterocycles. The molecule has 8 heteroatoms. The molecule has 176 valence electrons. The van der Waals surface area contributed by atoms with Crippen LogP contribution in [0.4, 0.5) is 4.39 Å². The van der Waals surface area contributed by atoms with Crippen molar-refractivity contribution in [2.45, 2.75) is 101 Å². The molecule has 0 aliphatic heterocycles. The zero-order valence-corrected chi connectivity index (χ0v) is 23.4. The molecule has 0 N–H and O–H groups in total. The second-order valence-electron chi connectivity index (χ2n) is 9.87. The molecule has 0 aliphatic rings. The van der Waals surface area contributed by atoms with Gasteiger partial charge in [-0.15, -0.1) is 0 Å². The van der Waals surface area contributed by atoms with E-state index in [1.165, 1.54) is 56.3 Å². The molecule has 0 atom stereocenters. The van der Waals surface area contributed by atoms with Crippen molar-refractivity contribution in [3.8, 4) is 0 Å². The zero-order valence-electron chi connectivity index (χ0n) is 20.4. The fourth-order valence-electron chi connectivity index (χ4n) is 3.84. The lowest BCUT2D eigenvalue weighted by atomic mass is 10.1. The largest absolute Gasteiger partial charge is 0.500 e. The number of hydrogen-bond donors (Lipinski definition) is 0. The molecule has 0 saturated carbocycles. The van der Waals surface area contributed by atoms with E-state index in [2.05, 4.69) is 26.2 Å². The van der Waals surface area contributed by atoms with Crippen LogP contribution >= 0.6 is 0 Å². The molecule has 0 aromatic heterocycles. The minimum Gasteiger partial charge on any atom is -0.377 e. The zero-order chi connectivity index (χ0) is 22.2. The summed E-state index contributed by atoms with van der Waals surface area (Å²) in [6.07, 6.45) is 8.76. The van der Waals surface area contributed by atoms with E-state index in [0.29, 0.717) is 6.61 Å². The first kappa shape index (κ1) is 29.4. The van der Waals surface area contributed by atoms with Gasteiger partial charge in [0.15, 0.2) is 6.86 Å². The quantitative estimate of drug-likeness (QED) is 0.143. The smallest absolute Gasteiger partial charge is 0.377 e. The second kappa shape index (κ2) is 16.1. The van der Waals surface area contributed by atoms with Gasteiger partial charge in [-0.2, -0.15) is 0 Å². The molecule has 0 unspecified atom stereocenters. The lowest BCUT2D eigenvalue weighted by Gasteiger charge is -2.29. The molecule has 0 aromatic carbocycles. The van der Waals surface area contributed by atoms with E-state index in [1.807, 2.05) is 0 Å². The first-order valence-electron chi connectivity index (χ1n) is 11.4. The molecule has 0 bridgehead atoms. The Hall–Kier alpha value is 0.421. The molecular formula is C21H49FO4Si3. The van der Waals surface area contributed by atoms with E-state index in [-0.39, 0.29) is 0 Å². The van der Waals surface area contributed by atoms with Gasteiger partial charge in [-0.1, -0.05) is 82.5 Å². The van der Waals surface area contributed by atoms with Gasteiger partial charge in [-0.05, 0) is 12.8 Å². The Morgan fingerprint density at radius 3 is 1.41 bits per heavy atom. The van der Waals surface area contributed by atoms with Crippen molar-refractivity contribution in [1.29, 1.82) is 0 Å². The molecule has 29 heavy (non-hydrogen) atoms. The topological polar surface area (TPSA) is 36.9 Å². The fraction of sp³-hybridized carbons (Fsp3) is 1.00. The van der Waals surface area contributed by atoms with Gasteiger partial charge in [0.05, 0.1) is 0 Å². The molecule has 0 rings (SSSR count). The van der Waals surface area contributed by atoms with Crippen molar-refractivity contribution in [2.24, 2.45) is 0 Å².